The van der Waals surface area contributed by atoms with Crippen LogP contribution in [-0.4, -0.2) is 26.9 Å². The maximum absolute atomic E-state index is 12.8. The molecule has 0 radical (unpaired) electrons. The highest BCUT2D eigenvalue weighted by Crippen LogP contribution is 2.32. The van der Waals surface area contributed by atoms with Crippen LogP contribution in [0.3, 0.4) is 0 Å². The summed E-state index contributed by atoms with van der Waals surface area (Å²) in [7, 11) is 0. The maximum atomic E-state index is 12.8. The monoisotopic (exact) mass is 359 g/mol. The highest BCUT2D eigenvalue weighted by atomic mass is 32.2. The normalized spacial score (nSPS) is 12.4. The number of ketones is 1. The third kappa shape index (κ3) is 3.37. The van der Waals surface area contributed by atoms with Crippen molar-refractivity contribution in [3.05, 3.63) is 46.6 Å². The SMILES string of the molecule is Cc1nc(S[C@H](C)C(=O)c2c[nH]c3ccccc23)sc1CC(N)=O. The zero-order chi connectivity index (χ0) is 17.3. The molecule has 124 valence electrons. The topological polar surface area (TPSA) is 88.8 Å². The second-order valence-corrected chi connectivity index (χ2v) is 8.18. The minimum atomic E-state index is -0.374. The fourth-order valence-electron chi connectivity index (χ4n) is 2.47. The summed E-state index contributed by atoms with van der Waals surface area (Å²) >= 11 is 2.84. The lowest BCUT2D eigenvalue weighted by molar-refractivity contribution is -0.117. The number of thioether (sulfide) groups is 1. The van der Waals surface area contributed by atoms with Crippen LogP contribution in [0.1, 0.15) is 27.9 Å². The molecule has 0 unspecified atom stereocenters. The summed E-state index contributed by atoms with van der Waals surface area (Å²) in [5, 5.41) is 0.663. The third-order valence-electron chi connectivity index (χ3n) is 3.71. The van der Waals surface area contributed by atoms with Crippen molar-refractivity contribution >= 4 is 45.7 Å². The summed E-state index contributed by atoms with van der Waals surface area (Å²) in [5.41, 5.74) is 7.69. The highest BCUT2D eigenvalue weighted by molar-refractivity contribution is 8.02. The molecule has 0 aliphatic rings. The quantitative estimate of drug-likeness (QED) is 0.522. The highest BCUT2D eigenvalue weighted by Gasteiger charge is 2.21. The lowest BCUT2D eigenvalue weighted by atomic mass is 10.1. The van der Waals surface area contributed by atoms with E-state index in [0.29, 0.717) is 5.56 Å². The Bertz CT molecular complexity index is 914. The molecule has 2 heterocycles. The van der Waals surface area contributed by atoms with Crippen LogP contribution >= 0.6 is 23.1 Å². The number of hydrogen-bond acceptors (Lipinski definition) is 5. The number of aromatic nitrogens is 2. The number of hydrogen-bond donors (Lipinski definition) is 2. The number of benzene rings is 1. The van der Waals surface area contributed by atoms with E-state index >= 15 is 0 Å². The number of primary amides is 1. The van der Waals surface area contributed by atoms with Crippen LogP contribution in [0.15, 0.2) is 34.8 Å². The second-order valence-electron chi connectivity index (χ2n) is 5.50. The van der Waals surface area contributed by atoms with Gasteiger partial charge in [0.25, 0.3) is 0 Å². The minimum absolute atomic E-state index is 0.0572. The molecule has 5 nitrogen and oxygen atoms in total. The molecule has 0 saturated heterocycles. The Balaban J connectivity index is 1.78. The van der Waals surface area contributed by atoms with Crippen LogP contribution in [0.25, 0.3) is 10.9 Å². The lowest BCUT2D eigenvalue weighted by Crippen LogP contribution is -2.13. The number of fused-ring (bicyclic) bond motifs is 1. The molecule has 0 spiro atoms. The molecule has 1 aromatic carbocycles. The van der Waals surface area contributed by atoms with Gasteiger partial charge in [-0.15, -0.1) is 11.3 Å². The smallest absolute Gasteiger partial charge is 0.222 e. The van der Waals surface area contributed by atoms with Crippen LogP contribution in [0, 0.1) is 6.92 Å². The van der Waals surface area contributed by atoms with Crippen LogP contribution in [0.5, 0.6) is 0 Å². The zero-order valence-electron chi connectivity index (χ0n) is 13.3. The number of nitrogens with two attached hydrogens (primary N) is 1. The van der Waals surface area contributed by atoms with Crippen molar-refractivity contribution in [1.82, 2.24) is 9.97 Å². The van der Waals surface area contributed by atoms with E-state index in [1.165, 1.54) is 23.1 Å². The first-order chi connectivity index (χ1) is 11.5. The number of carbonyl (C=O) groups is 2. The summed E-state index contributed by atoms with van der Waals surface area (Å²) in [4.78, 5) is 32.3. The summed E-state index contributed by atoms with van der Waals surface area (Å²) < 4.78 is 0.782. The Morgan fingerprint density at radius 1 is 1.38 bits per heavy atom. The lowest BCUT2D eigenvalue weighted by Gasteiger charge is -2.07. The average molecular weight is 359 g/mol. The van der Waals surface area contributed by atoms with E-state index in [2.05, 4.69) is 9.97 Å². The number of nitrogens with one attached hydrogen (secondary N) is 1. The van der Waals surface area contributed by atoms with Crippen molar-refractivity contribution in [2.24, 2.45) is 5.73 Å². The standard InChI is InChI=1S/C17H17N3O2S2/c1-9-14(7-15(18)21)24-17(20-9)23-10(2)16(22)12-8-19-13-6-4-3-5-11(12)13/h3-6,8,10,19H,7H2,1-2H3,(H2,18,21)/t10-/m1/s1. The Morgan fingerprint density at radius 3 is 2.88 bits per heavy atom. The van der Waals surface area contributed by atoms with Crippen LogP contribution < -0.4 is 5.73 Å². The minimum Gasteiger partial charge on any atom is -0.369 e. The number of carbonyl (C=O) groups excluding carboxylic acids is 2. The van der Waals surface area contributed by atoms with E-state index in [4.69, 9.17) is 5.73 Å². The largest absolute Gasteiger partial charge is 0.369 e. The molecule has 0 aliphatic heterocycles. The van der Waals surface area contributed by atoms with Gasteiger partial charge in [0.05, 0.1) is 17.4 Å². The fourth-order valence-corrected chi connectivity index (χ4v) is 4.93. The zero-order valence-corrected chi connectivity index (χ0v) is 15.0. The van der Waals surface area contributed by atoms with Gasteiger partial charge < -0.3 is 10.7 Å². The first kappa shape index (κ1) is 16.7. The molecule has 0 bridgehead atoms. The van der Waals surface area contributed by atoms with E-state index in [1.807, 2.05) is 38.1 Å². The van der Waals surface area contributed by atoms with Crippen molar-refractivity contribution in [3.63, 3.8) is 0 Å². The number of nitrogens with zero attached hydrogens (tertiary/aromatic N) is 1. The molecule has 3 aromatic rings. The third-order valence-corrected chi connectivity index (χ3v) is 6.06. The van der Waals surface area contributed by atoms with Gasteiger partial charge in [0.1, 0.15) is 0 Å². The van der Waals surface area contributed by atoms with Gasteiger partial charge in [-0.2, -0.15) is 0 Å². The summed E-state index contributed by atoms with van der Waals surface area (Å²) in [6, 6.07) is 7.74. The Kier molecular flexibility index (Phi) is 4.73. The molecule has 7 heteroatoms. The van der Waals surface area contributed by atoms with E-state index in [9.17, 15) is 9.59 Å². The molecule has 3 N–H and O–H groups in total. The molecule has 1 atom stereocenters. The molecule has 3 rings (SSSR count). The average Bonchev–Trinajstić information content (AvgIpc) is 3.10. The summed E-state index contributed by atoms with van der Waals surface area (Å²) in [6.07, 6.45) is 1.95. The molecule has 0 aliphatic carbocycles. The predicted molar refractivity (Wildman–Crippen MR) is 97.7 cm³/mol. The van der Waals surface area contributed by atoms with Crippen molar-refractivity contribution in [1.29, 1.82) is 0 Å². The number of para-hydroxylation sites is 1. The Labute approximate surface area is 147 Å². The summed E-state index contributed by atoms with van der Waals surface area (Å²) in [5.74, 6) is -0.317. The van der Waals surface area contributed by atoms with Crippen molar-refractivity contribution in [2.45, 2.75) is 29.9 Å². The number of rotatable bonds is 6. The number of amides is 1. The predicted octanol–water partition coefficient (Wildman–Crippen LogP) is 3.32. The molecule has 0 saturated carbocycles. The number of aryl methyl sites for hydroxylation is 1. The van der Waals surface area contributed by atoms with E-state index in [1.54, 1.807) is 6.20 Å². The van der Waals surface area contributed by atoms with Crippen molar-refractivity contribution in [3.8, 4) is 0 Å². The fraction of sp³-hybridized carbons (Fsp3) is 0.235. The second kappa shape index (κ2) is 6.78. The van der Waals surface area contributed by atoms with Crippen LogP contribution in [-0.2, 0) is 11.2 Å². The molecule has 0 fully saturated rings. The van der Waals surface area contributed by atoms with Gasteiger partial charge in [-0.1, -0.05) is 30.0 Å². The molecular formula is C17H17N3O2S2. The number of Topliss-reactive ketones (excluding diaryl/α,β-unsaturated/α-hetero) is 1. The van der Waals surface area contributed by atoms with Gasteiger partial charge in [0, 0.05) is 27.5 Å². The summed E-state index contributed by atoms with van der Waals surface area (Å²) in [6.45, 7) is 3.73. The van der Waals surface area contributed by atoms with Gasteiger partial charge >= 0.3 is 0 Å². The van der Waals surface area contributed by atoms with Crippen molar-refractivity contribution in [2.75, 3.05) is 0 Å². The molecule has 24 heavy (non-hydrogen) atoms. The van der Waals surface area contributed by atoms with Gasteiger partial charge in [-0.25, -0.2) is 4.98 Å². The van der Waals surface area contributed by atoms with Gasteiger partial charge in [-0.3, -0.25) is 9.59 Å². The van der Waals surface area contributed by atoms with Crippen LogP contribution in [0.4, 0.5) is 0 Å². The first-order valence-electron chi connectivity index (χ1n) is 7.47. The number of aromatic amines is 1. The molecule has 1 amide bonds. The van der Waals surface area contributed by atoms with E-state index in [-0.39, 0.29) is 23.4 Å². The molecule has 2 aromatic heterocycles. The van der Waals surface area contributed by atoms with E-state index < -0.39 is 0 Å². The van der Waals surface area contributed by atoms with Gasteiger partial charge in [-0.05, 0) is 19.9 Å². The maximum Gasteiger partial charge on any atom is 0.222 e. The number of H-pyrrole nitrogens is 1. The first-order valence-corrected chi connectivity index (χ1v) is 9.17. The van der Waals surface area contributed by atoms with E-state index in [0.717, 1.165) is 25.8 Å². The molecular weight excluding hydrogens is 342 g/mol. The van der Waals surface area contributed by atoms with Crippen molar-refractivity contribution < 1.29 is 9.59 Å². The van der Waals surface area contributed by atoms with Gasteiger partial charge in [0.2, 0.25) is 5.91 Å². The number of thiazole rings is 1. The van der Waals surface area contributed by atoms with Crippen LogP contribution in [0.2, 0.25) is 0 Å². The Morgan fingerprint density at radius 2 is 2.12 bits per heavy atom. The Hall–Kier alpha value is -2.12. The van der Waals surface area contributed by atoms with Gasteiger partial charge in [0.15, 0.2) is 10.1 Å².